The van der Waals surface area contributed by atoms with Crippen molar-refractivity contribution >= 4 is 11.9 Å². The second kappa shape index (κ2) is 11.1. The molecule has 0 aromatic carbocycles. The van der Waals surface area contributed by atoms with E-state index in [2.05, 4.69) is 13.8 Å². The van der Waals surface area contributed by atoms with Gasteiger partial charge < -0.3 is 9.64 Å². The highest BCUT2D eigenvalue weighted by Gasteiger charge is 2.22. The molecule has 0 saturated carbocycles. The summed E-state index contributed by atoms with van der Waals surface area (Å²) in [5.74, 6) is -1.20. The summed E-state index contributed by atoms with van der Waals surface area (Å²) < 4.78 is 4.77. The molecule has 0 atom stereocenters. The molecule has 106 valence electrons. The minimum atomic E-state index is -0.717. The number of carbonyl (C=O) groups is 2. The number of hydrogen-bond donors (Lipinski definition) is 0. The van der Waals surface area contributed by atoms with Crippen LogP contribution < -0.4 is 0 Å². The highest BCUT2D eigenvalue weighted by molar-refractivity contribution is 6.32. The van der Waals surface area contributed by atoms with Gasteiger partial charge in [-0.05, 0) is 19.8 Å². The summed E-state index contributed by atoms with van der Waals surface area (Å²) in [5.41, 5.74) is 0. The highest BCUT2D eigenvalue weighted by atomic mass is 16.5. The zero-order valence-corrected chi connectivity index (χ0v) is 12.0. The van der Waals surface area contributed by atoms with Gasteiger partial charge in [-0.2, -0.15) is 0 Å². The summed E-state index contributed by atoms with van der Waals surface area (Å²) in [4.78, 5) is 25.0. The fraction of sp³-hybridized carbons (Fsp3) is 0.857. The molecule has 0 saturated heterocycles. The van der Waals surface area contributed by atoms with Crippen LogP contribution in [0.25, 0.3) is 0 Å². The molecule has 4 nitrogen and oxygen atoms in total. The fourth-order valence-electron chi connectivity index (χ4n) is 1.74. The van der Waals surface area contributed by atoms with Gasteiger partial charge in [-0.25, -0.2) is 4.79 Å². The lowest BCUT2D eigenvalue weighted by molar-refractivity contribution is -0.159. The number of amides is 1. The first kappa shape index (κ1) is 16.9. The highest BCUT2D eigenvalue weighted by Crippen LogP contribution is 2.04. The van der Waals surface area contributed by atoms with Crippen LogP contribution in [0.5, 0.6) is 0 Å². The smallest absolute Gasteiger partial charge is 0.397 e. The number of unbranched alkanes of at least 4 members (excludes halogenated alkanes) is 4. The summed E-state index contributed by atoms with van der Waals surface area (Å²) in [7, 11) is 0. The van der Waals surface area contributed by atoms with E-state index in [0.29, 0.717) is 13.1 Å². The van der Waals surface area contributed by atoms with Crippen molar-refractivity contribution < 1.29 is 14.3 Å². The minimum absolute atomic E-state index is 0.252. The Balaban J connectivity index is 4.24. The van der Waals surface area contributed by atoms with Crippen molar-refractivity contribution in [3.8, 4) is 0 Å². The number of ether oxygens (including phenoxy) is 1. The van der Waals surface area contributed by atoms with E-state index in [0.717, 1.165) is 38.5 Å². The molecule has 0 unspecified atom stereocenters. The Labute approximate surface area is 111 Å². The van der Waals surface area contributed by atoms with E-state index in [1.165, 1.54) is 0 Å². The van der Waals surface area contributed by atoms with Crippen LogP contribution >= 0.6 is 0 Å². The maximum atomic E-state index is 11.9. The fourth-order valence-corrected chi connectivity index (χ4v) is 1.74. The van der Waals surface area contributed by atoms with Crippen molar-refractivity contribution in [1.82, 2.24) is 4.90 Å². The van der Waals surface area contributed by atoms with Crippen molar-refractivity contribution in [2.75, 3.05) is 19.7 Å². The molecule has 1 amide bonds. The Hall–Kier alpha value is -1.06. The molecule has 0 aliphatic carbocycles. The molecule has 0 aromatic heterocycles. The first-order valence-electron chi connectivity index (χ1n) is 7.13. The van der Waals surface area contributed by atoms with Crippen LogP contribution in [0.15, 0.2) is 0 Å². The predicted molar refractivity (Wildman–Crippen MR) is 72.3 cm³/mol. The standard InChI is InChI=1S/C14H27NO3/c1-4-7-9-11-15(12-10-8-5-2)13(16)14(17)18-6-3/h4-12H2,1-3H3. The van der Waals surface area contributed by atoms with Crippen molar-refractivity contribution in [2.45, 2.75) is 59.3 Å². The van der Waals surface area contributed by atoms with Gasteiger partial charge in [0.25, 0.3) is 0 Å². The van der Waals surface area contributed by atoms with Gasteiger partial charge in [0.2, 0.25) is 0 Å². The Kier molecular flexibility index (Phi) is 10.4. The van der Waals surface area contributed by atoms with Crippen LogP contribution in [-0.2, 0) is 14.3 Å². The molecule has 0 fully saturated rings. The molecule has 0 aliphatic rings. The Morgan fingerprint density at radius 1 is 0.889 bits per heavy atom. The van der Waals surface area contributed by atoms with E-state index in [4.69, 9.17) is 4.74 Å². The number of carbonyl (C=O) groups excluding carboxylic acids is 2. The normalized spacial score (nSPS) is 10.2. The van der Waals surface area contributed by atoms with Gasteiger partial charge in [0.1, 0.15) is 0 Å². The number of rotatable bonds is 9. The van der Waals surface area contributed by atoms with Crippen LogP contribution in [0.4, 0.5) is 0 Å². The van der Waals surface area contributed by atoms with Gasteiger partial charge in [0.15, 0.2) is 0 Å². The third-order valence-corrected chi connectivity index (χ3v) is 2.80. The van der Waals surface area contributed by atoms with Gasteiger partial charge in [0, 0.05) is 13.1 Å². The second-order valence-corrected chi connectivity index (χ2v) is 4.43. The Morgan fingerprint density at radius 2 is 1.39 bits per heavy atom. The molecule has 18 heavy (non-hydrogen) atoms. The molecule has 0 spiro atoms. The zero-order chi connectivity index (χ0) is 13.8. The molecule has 0 N–H and O–H groups in total. The van der Waals surface area contributed by atoms with E-state index >= 15 is 0 Å². The van der Waals surface area contributed by atoms with E-state index in [1.807, 2.05) is 0 Å². The van der Waals surface area contributed by atoms with Crippen molar-refractivity contribution in [3.05, 3.63) is 0 Å². The minimum Gasteiger partial charge on any atom is -0.459 e. The average molecular weight is 257 g/mol. The number of hydrogen-bond acceptors (Lipinski definition) is 3. The lowest BCUT2D eigenvalue weighted by Gasteiger charge is -2.21. The molecular weight excluding hydrogens is 230 g/mol. The topological polar surface area (TPSA) is 46.6 Å². The first-order valence-corrected chi connectivity index (χ1v) is 7.13. The second-order valence-electron chi connectivity index (χ2n) is 4.43. The summed E-state index contributed by atoms with van der Waals surface area (Å²) in [6, 6.07) is 0. The van der Waals surface area contributed by atoms with Gasteiger partial charge in [0.05, 0.1) is 6.61 Å². The Bertz CT molecular complexity index is 231. The van der Waals surface area contributed by atoms with Crippen LogP contribution in [0.3, 0.4) is 0 Å². The molecule has 0 rings (SSSR count). The molecule has 4 heteroatoms. The summed E-state index contributed by atoms with van der Waals surface area (Å²) in [6.45, 7) is 7.53. The number of esters is 1. The first-order chi connectivity index (χ1) is 8.67. The van der Waals surface area contributed by atoms with E-state index in [1.54, 1.807) is 11.8 Å². The largest absolute Gasteiger partial charge is 0.459 e. The quantitative estimate of drug-likeness (QED) is 0.362. The molecule has 0 aliphatic heterocycles. The van der Waals surface area contributed by atoms with Crippen molar-refractivity contribution in [3.63, 3.8) is 0 Å². The van der Waals surface area contributed by atoms with E-state index < -0.39 is 11.9 Å². The monoisotopic (exact) mass is 257 g/mol. The predicted octanol–water partition coefficient (Wildman–Crippen LogP) is 2.76. The van der Waals surface area contributed by atoms with Crippen LogP contribution in [0.1, 0.15) is 59.3 Å². The molecular formula is C14H27NO3. The molecule has 0 radical (unpaired) electrons. The zero-order valence-electron chi connectivity index (χ0n) is 12.0. The maximum Gasteiger partial charge on any atom is 0.397 e. The lowest BCUT2D eigenvalue weighted by Crippen LogP contribution is -2.39. The van der Waals surface area contributed by atoms with E-state index in [-0.39, 0.29) is 6.61 Å². The molecule has 0 bridgehead atoms. The third-order valence-electron chi connectivity index (χ3n) is 2.80. The molecule has 0 heterocycles. The number of nitrogens with zero attached hydrogens (tertiary/aromatic N) is 1. The van der Waals surface area contributed by atoms with Crippen LogP contribution in [0.2, 0.25) is 0 Å². The summed E-state index contributed by atoms with van der Waals surface area (Å²) in [6.07, 6.45) is 6.29. The van der Waals surface area contributed by atoms with E-state index in [9.17, 15) is 9.59 Å². The molecule has 0 aromatic rings. The summed E-state index contributed by atoms with van der Waals surface area (Å²) >= 11 is 0. The third kappa shape index (κ3) is 7.30. The lowest BCUT2D eigenvalue weighted by atomic mass is 10.2. The van der Waals surface area contributed by atoms with Gasteiger partial charge in [-0.15, -0.1) is 0 Å². The van der Waals surface area contributed by atoms with Crippen molar-refractivity contribution in [1.29, 1.82) is 0 Å². The van der Waals surface area contributed by atoms with Crippen LogP contribution in [-0.4, -0.2) is 36.5 Å². The van der Waals surface area contributed by atoms with Gasteiger partial charge in [-0.1, -0.05) is 39.5 Å². The average Bonchev–Trinajstić information content (AvgIpc) is 2.37. The summed E-state index contributed by atoms with van der Waals surface area (Å²) in [5, 5.41) is 0. The van der Waals surface area contributed by atoms with Gasteiger partial charge >= 0.3 is 11.9 Å². The Morgan fingerprint density at radius 3 is 1.78 bits per heavy atom. The maximum absolute atomic E-state index is 11.9. The SMILES string of the molecule is CCCCCN(CCCCC)C(=O)C(=O)OCC. The van der Waals surface area contributed by atoms with Gasteiger partial charge in [-0.3, -0.25) is 4.79 Å². The van der Waals surface area contributed by atoms with Crippen molar-refractivity contribution in [2.24, 2.45) is 0 Å². The van der Waals surface area contributed by atoms with Crippen LogP contribution in [0, 0.1) is 0 Å².